The first-order valence-electron chi connectivity index (χ1n) is 12.6. The summed E-state index contributed by atoms with van der Waals surface area (Å²) in [4.78, 5) is 11.2. The van der Waals surface area contributed by atoms with E-state index >= 15 is 0 Å². The number of hydrogen-bond donors (Lipinski definition) is 2. The maximum absolute atomic E-state index is 13.8. The van der Waals surface area contributed by atoms with Gasteiger partial charge in [0.25, 0.3) is 0 Å². The number of aromatic nitrogens is 6. The van der Waals surface area contributed by atoms with Crippen LogP contribution >= 0.6 is 11.3 Å². The van der Waals surface area contributed by atoms with Crippen molar-refractivity contribution in [2.45, 2.75) is 52.3 Å². The van der Waals surface area contributed by atoms with E-state index in [1.54, 1.807) is 12.3 Å². The van der Waals surface area contributed by atoms with Gasteiger partial charge in [-0.15, -0.1) is 0 Å². The summed E-state index contributed by atoms with van der Waals surface area (Å²) in [6.45, 7) is 8.99. The van der Waals surface area contributed by atoms with Crippen molar-refractivity contribution in [1.29, 1.82) is 0 Å². The molecule has 5 heterocycles. The first-order chi connectivity index (χ1) is 18.2. The second kappa shape index (κ2) is 10.5. The van der Waals surface area contributed by atoms with Crippen molar-refractivity contribution in [3.8, 4) is 27.7 Å². The Morgan fingerprint density at radius 1 is 1.32 bits per heavy atom. The van der Waals surface area contributed by atoms with E-state index in [2.05, 4.69) is 44.3 Å². The average molecular weight is 549 g/mol. The molecule has 9 nitrogen and oxygen atoms in total. The van der Waals surface area contributed by atoms with Crippen LogP contribution in [0.5, 0.6) is 5.75 Å². The molecule has 1 aliphatic rings. The zero-order valence-corrected chi connectivity index (χ0v) is 22.6. The molecule has 38 heavy (non-hydrogen) atoms. The predicted octanol–water partition coefficient (Wildman–Crippen LogP) is 4.88. The number of aryl methyl sites for hydroxylation is 1. The summed E-state index contributed by atoms with van der Waals surface area (Å²) in [6.07, 6.45) is -0.509. The number of H-pyrrole nitrogens is 1. The molecule has 204 valence electrons. The standard InChI is InChI=1S/C25H31F3N8OS/c1-5-6-29-10-17-7-14(2)11-35(17)24-15(3)32-23(38-24)21-18(9-25(26,27)28)20(33-34-21)16-8-19(37-4)22-30-13-31-36(22)12-16/h8,12-14,17,29H,5-7,9-11H2,1-4H3,(H,33,34)/t14-,17+/m0/s1. The van der Waals surface area contributed by atoms with Gasteiger partial charge in [0.2, 0.25) is 0 Å². The van der Waals surface area contributed by atoms with Crippen molar-refractivity contribution in [3.05, 3.63) is 29.8 Å². The maximum atomic E-state index is 13.8. The van der Waals surface area contributed by atoms with Gasteiger partial charge in [0.05, 0.1) is 30.6 Å². The van der Waals surface area contributed by atoms with Crippen molar-refractivity contribution in [3.63, 3.8) is 0 Å². The highest BCUT2D eigenvalue weighted by molar-refractivity contribution is 7.19. The fraction of sp³-hybridized carbons (Fsp3) is 0.520. The van der Waals surface area contributed by atoms with Gasteiger partial charge in [-0.05, 0) is 38.3 Å². The lowest BCUT2D eigenvalue weighted by atomic mass is 10.0. The van der Waals surface area contributed by atoms with Gasteiger partial charge in [0.1, 0.15) is 16.3 Å². The molecule has 13 heteroatoms. The quantitative estimate of drug-likeness (QED) is 0.288. The molecule has 5 rings (SSSR count). The second-order valence-electron chi connectivity index (χ2n) is 9.80. The number of nitrogens with one attached hydrogen (secondary N) is 2. The fourth-order valence-corrected chi connectivity index (χ4v) is 6.30. The largest absolute Gasteiger partial charge is 0.493 e. The number of anilines is 1. The van der Waals surface area contributed by atoms with Gasteiger partial charge in [-0.3, -0.25) is 5.10 Å². The molecule has 4 aromatic heterocycles. The van der Waals surface area contributed by atoms with Crippen molar-refractivity contribution in [1.82, 2.24) is 35.1 Å². The zero-order chi connectivity index (χ0) is 27.0. The minimum absolute atomic E-state index is 0.0373. The molecule has 1 saturated heterocycles. The Labute approximate surface area is 222 Å². The first-order valence-corrected chi connectivity index (χ1v) is 13.5. The van der Waals surface area contributed by atoms with Gasteiger partial charge in [-0.2, -0.15) is 23.4 Å². The van der Waals surface area contributed by atoms with Gasteiger partial charge < -0.3 is 15.0 Å². The molecular weight excluding hydrogens is 517 g/mol. The number of alkyl halides is 3. The highest BCUT2D eigenvalue weighted by Crippen LogP contribution is 2.42. The zero-order valence-electron chi connectivity index (χ0n) is 21.8. The lowest BCUT2D eigenvalue weighted by molar-refractivity contribution is -0.127. The number of nitrogens with zero attached hydrogens (tertiary/aromatic N) is 6. The number of thiazole rings is 1. The maximum Gasteiger partial charge on any atom is 0.393 e. The lowest BCUT2D eigenvalue weighted by Crippen LogP contribution is -2.38. The molecule has 4 aromatic rings. The molecule has 0 spiro atoms. The molecule has 2 atom stereocenters. The van der Waals surface area contributed by atoms with Crippen LogP contribution in [0, 0.1) is 12.8 Å². The van der Waals surface area contributed by atoms with Crippen LogP contribution in [0.3, 0.4) is 0 Å². The summed E-state index contributed by atoms with van der Waals surface area (Å²) in [5.74, 6) is 0.912. The molecule has 0 saturated carbocycles. The Balaban J connectivity index is 1.55. The summed E-state index contributed by atoms with van der Waals surface area (Å²) < 4.78 is 48.3. The Bertz CT molecular complexity index is 1410. The molecule has 1 aliphatic heterocycles. The van der Waals surface area contributed by atoms with Crippen molar-refractivity contribution >= 4 is 22.0 Å². The van der Waals surface area contributed by atoms with Crippen LogP contribution < -0.4 is 15.0 Å². The van der Waals surface area contributed by atoms with Crippen molar-refractivity contribution in [2.24, 2.45) is 5.92 Å². The Kier molecular flexibility index (Phi) is 7.32. The van der Waals surface area contributed by atoms with E-state index in [4.69, 9.17) is 9.72 Å². The lowest BCUT2D eigenvalue weighted by Gasteiger charge is -2.26. The number of hydrogen-bond acceptors (Lipinski definition) is 8. The number of pyridine rings is 1. The molecule has 0 aliphatic carbocycles. The van der Waals surface area contributed by atoms with E-state index in [-0.39, 0.29) is 17.0 Å². The molecule has 2 N–H and O–H groups in total. The van der Waals surface area contributed by atoms with Gasteiger partial charge in [0, 0.05) is 36.5 Å². The summed E-state index contributed by atoms with van der Waals surface area (Å²) >= 11 is 1.41. The van der Waals surface area contributed by atoms with E-state index in [0.717, 1.165) is 43.2 Å². The Morgan fingerprint density at radius 3 is 2.87 bits per heavy atom. The third-order valence-corrected chi connectivity index (χ3v) is 7.97. The molecule has 0 bridgehead atoms. The third kappa shape index (κ3) is 5.21. The minimum atomic E-state index is -4.44. The van der Waals surface area contributed by atoms with Crippen LogP contribution in [0.15, 0.2) is 18.6 Å². The Morgan fingerprint density at radius 2 is 2.13 bits per heavy atom. The number of aromatic amines is 1. The van der Waals surface area contributed by atoms with Crippen LogP contribution in [0.4, 0.5) is 18.2 Å². The third-order valence-electron chi connectivity index (χ3n) is 6.76. The van der Waals surface area contributed by atoms with E-state index < -0.39 is 12.6 Å². The van der Waals surface area contributed by atoms with Crippen LogP contribution in [0.25, 0.3) is 27.6 Å². The SMILES string of the molecule is CCCNC[C@H]1C[C@H](C)CN1c1sc(-c2[nH]nc(-c3cc(OC)c4ncnn4c3)c2CC(F)(F)F)nc1C. The summed E-state index contributed by atoms with van der Waals surface area (Å²) in [5, 5.41) is 16.3. The molecule has 0 radical (unpaired) electrons. The van der Waals surface area contributed by atoms with Crippen LogP contribution in [0.2, 0.25) is 0 Å². The molecule has 1 fully saturated rings. The van der Waals surface area contributed by atoms with Gasteiger partial charge >= 0.3 is 6.18 Å². The molecule has 0 aromatic carbocycles. The van der Waals surface area contributed by atoms with E-state index in [1.165, 1.54) is 29.3 Å². The summed E-state index contributed by atoms with van der Waals surface area (Å²) in [5.41, 5.74) is 2.20. The van der Waals surface area contributed by atoms with Gasteiger partial charge in [-0.1, -0.05) is 25.2 Å². The van der Waals surface area contributed by atoms with Crippen molar-refractivity contribution < 1.29 is 17.9 Å². The van der Waals surface area contributed by atoms with Gasteiger partial charge in [-0.25, -0.2) is 14.5 Å². The molecular formula is C25H31F3N8OS. The second-order valence-corrected chi connectivity index (χ2v) is 10.8. The highest BCUT2D eigenvalue weighted by atomic mass is 32.1. The molecule has 0 amide bonds. The van der Waals surface area contributed by atoms with E-state index in [9.17, 15) is 13.2 Å². The van der Waals surface area contributed by atoms with Crippen LogP contribution in [-0.2, 0) is 6.42 Å². The first kappa shape index (κ1) is 26.4. The summed E-state index contributed by atoms with van der Waals surface area (Å²) in [7, 11) is 1.48. The number of methoxy groups -OCH3 is 1. The Hall–Kier alpha value is -3.19. The number of rotatable bonds is 9. The van der Waals surface area contributed by atoms with Crippen LogP contribution in [0.1, 0.15) is 37.9 Å². The number of halogens is 3. The number of fused-ring (bicyclic) bond motifs is 1. The van der Waals surface area contributed by atoms with Gasteiger partial charge in [0.15, 0.2) is 11.4 Å². The highest BCUT2D eigenvalue weighted by Gasteiger charge is 2.35. The minimum Gasteiger partial charge on any atom is -0.493 e. The predicted molar refractivity (Wildman–Crippen MR) is 141 cm³/mol. The van der Waals surface area contributed by atoms with Crippen molar-refractivity contribution in [2.75, 3.05) is 31.6 Å². The van der Waals surface area contributed by atoms with E-state index in [0.29, 0.717) is 33.9 Å². The topological polar surface area (TPSA) is 96.3 Å². The van der Waals surface area contributed by atoms with Crippen LogP contribution in [-0.4, -0.2) is 68.7 Å². The average Bonchev–Trinajstić information content (AvgIpc) is 3.64. The number of ether oxygens (including phenoxy) is 1. The molecule has 0 unspecified atom stereocenters. The fourth-order valence-electron chi connectivity index (χ4n) is 5.13. The smallest absolute Gasteiger partial charge is 0.393 e. The van der Waals surface area contributed by atoms with E-state index in [1.807, 2.05) is 6.92 Å². The normalized spacial score (nSPS) is 18.1. The monoisotopic (exact) mass is 548 g/mol. The summed E-state index contributed by atoms with van der Waals surface area (Å²) in [6, 6.07) is 1.94.